The summed E-state index contributed by atoms with van der Waals surface area (Å²) >= 11 is 1.84. The highest BCUT2D eigenvalue weighted by Gasteiger charge is 2.15. The Morgan fingerprint density at radius 3 is 2.71 bits per heavy atom. The maximum Gasteiger partial charge on any atom is 0.280 e. The molecule has 6 heteroatoms. The fourth-order valence-corrected chi connectivity index (χ4v) is 1.90. The molecule has 0 aliphatic heterocycles. The largest absolute Gasteiger partial charge is 0.494 e. The van der Waals surface area contributed by atoms with Crippen molar-refractivity contribution in [3.8, 4) is 5.75 Å². The lowest BCUT2D eigenvalue weighted by Crippen LogP contribution is -2.05. The van der Waals surface area contributed by atoms with Crippen LogP contribution in [-0.4, -0.2) is 12.1 Å². The quantitative estimate of drug-likeness (QED) is 0.686. The average molecular weight is 314 g/mol. The molecule has 0 atom stereocenters. The minimum absolute atomic E-state index is 0.154. The number of ether oxygens (including phenoxy) is 1. The third-order valence-electron chi connectivity index (χ3n) is 1.68. The lowest BCUT2D eigenvalue weighted by atomic mass is 10.2. The third-order valence-corrected chi connectivity index (χ3v) is 2.41. The minimum Gasteiger partial charge on any atom is -0.494 e. The van der Waals surface area contributed by atoms with E-state index in [1.165, 1.54) is 13.2 Å². The topological polar surface area (TPSA) is 48.1 Å². The van der Waals surface area contributed by atoms with Crippen molar-refractivity contribution in [2.24, 2.45) is 5.73 Å². The van der Waals surface area contributed by atoms with Crippen LogP contribution in [0.25, 0.3) is 0 Å². The minimum atomic E-state index is -2.58. The molecule has 0 unspecified atom stereocenters. The van der Waals surface area contributed by atoms with Gasteiger partial charge in [0.25, 0.3) is 6.43 Å². The molecular formula is C8H9F2IN2O. The Morgan fingerprint density at radius 1 is 1.64 bits per heavy atom. The normalized spacial score (nSPS) is 10.7. The van der Waals surface area contributed by atoms with Crippen LogP contribution in [0.15, 0.2) is 6.07 Å². The first kappa shape index (κ1) is 11.6. The fraction of sp³-hybridized carbons (Fsp3) is 0.375. The maximum absolute atomic E-state index is 12.4. The van der Waals surface area contributed by atoms with Gasteiger partial charge in [-0.15, -0.1) is 0 Å². The Kier molecular flexibility index (Phi) is 3.99. The highest BCUT2D eigenvalue weighted by Crippen LogP contribution is 2.28. The SMILES string of the molecule is COc1c(CN)cc(C(F)F)nc1I. The van der Waals surface area contributed by atoms with Crippen molar-refractivity contribution in [1.82, 2.24) is 4.98 Å². The molecule has 0 aliphatic rings. The van der Waals surface area contributed by atoms with Gasteiger partial charge >= 0.3 is 0 Å². The van der Waals surface area contributed by atoms with E-state index in [2.05, 4.69) is 4.98 Å². The molecule has 1 heterocycles. The lowest BCUT2D eigenvalue weighted by molar-refractivity contribution is 0.145. The molecule has 0 radical (unpaired) electrons. The Balaban J connectivity index is 3.24. The molecule has 0 saturated carbocycles. The van der Waals surface area contributed by atoms with Gasteiger partial charge in [-0.1, -0.05) is 0 Å². The van der Waals surface area contributed by atoms with E-state index in [1.807, 2.05) is 22.6 Å². The standard InChI is InChI=1S/C8H9F2IN2O/c1-14-6-4(3-12)2-5(7(9)10)13-8(6)11/h2,7H,3,12H2,1H3. The van der Waals surface area contributed by atoms with Crippen molar-refractivity contribution < 1.29 is 13.5 Å². The van der Waals surface area contributed by atoms with Gasteiger partial charge < -0.3 is 10.5 Å². The molecule has 0 fully saturated rings. The zero-order valence-corrected chi connectivity index (χ0v) is 9.59. The number of methoxy groups -OCH3 is 1. The van der Waals surface area contributed by atoms with E-state index in [9.17, 15) is 8.78 Å². The second-order valence-electron chi connectivity index (χ2n) is 2.54. The van der Waals surface area contributed by atoms with Crippen LogP contribution in [0, 0.1) is 3.70 Å². The molecule has 14 heavy (non-hydrogen) atoms. The first-order valence-electron chi connectivity index (χ1n) is 3.81. The van der Waals surface area contributed by atoms with E-state index in [0.29, 0.717) is 15.0 Å². The summed E-state index contributed by atoms with van der Waals surface area (Å²) in [5.41, 5.74) is 5.68. The molecule has 0 saturated heterocycles. The molecule has 1 aromatic rings. The van der Waals surface area contributed by atoms with Gasteiger partial charge in [0.2, 0.25) is 0 Å². The second-order valence-corrected chi connectivity index (χ2v) is 3.56. The lowest BCUT2D eigenvalue weighted by Gasteiger charge is -2.10. The summed E-state index contributed by atoms with van der Waals surface area (Å²) in [4.78, 5) is 3.71. The highest BCUT2D eigenvalue weighted by atomic mass is 127. The number of halogens is 3. The van der Waals surface area contributed by atoms with E-state index in [1.54, 1.807) is 0 Å². The van der Waals surface area contributed by atoms with Gasteiger partial charge in [-0.2, -0.15) is 0 Å². The molecule has 0 bridgehead atoms. The van der Waals surface area contributed by atoms with Gasteiger partial charge in [0, 0.05) is 12.1 Å². The summed E-state index contributed by atoms with van der Waals surface area (Å²) < 4.78 is 30.1. The van der Waals surface area contributed by atoms with Crippen molar-refractivity contribution in [2.45, 2.75) is 13.0 Å². The van der Waals surface area contributed by atoms with Gasteiger partial charge in [-0.3, -0.25) is 0 Å². The fourth-order valence-electron chi connectivity index (χ4n) is 1.05. The number of pyridine rings is 1. The molecule has 2 N–H and O–H groups in total. The van der Waals surface area contributed by atoms with Crippen LogP contribution < -0.4 is 10.5 Å². The smallest absolute Gasteiger partial charge is 0.280 e. The summed E-state index contributed by atoms with van der Waals surface area (Å²) in [6, 6.07) is 1.27. The zero-order chi connectivity index (χ0) is 10.7. The van der Waals surface area contributed by atoms with Crippen molar-refractivity contribution in [3.05, 3.63) is 21.0 Å². The van der Waals surface area contributed by atoms with E-state index in [0.717, 1.165) is 0 Å². The summed E-state index contributed by atoms with van der Waals surface area (Å²) in [5, 5.41) is 0. The molecule has 0 amide bonds. The molecule has 0 aliphatic carbocycles. The number of nitrogens with two attached hydrogens (primary N) is 1. The Bertz CT molecular complexity index is 333. The van der Waals surface area contributed by atoms with Gasteiger partial charge in [-0.05, 0) is 28.7 Å². The monoisotopic (exact) mass is 314 g/mol. The van der Waals surface area contributed by atoms with E-state index in [4.69, 9.17) is 10.5 Å². The number of alkyl halides is 2. The number of rotatable bonds is 3. The molecular weight excluding hydrogens is 305 g/mol. The molecule has 0 spiro atoms. The van der Waals surface area contributed by atoms with E-state index >= 15 is 0 Å². The van der Waals surface area contributed by atoms with Crippen LogP contribution in [-0.2, 0) is 6.54 Å². The first-order valence-corrected chi connectivity index (χ1v) is 4.89. The number of aromatic nitrogens is 1. The Morgan fingerprint density at radius 2 is 2.29 bits per heavy atom. The molecule has 1 rings (SSSR count). The first-order chi connectivity index (χ1) is 6.60. The summed E-state index contributed by atoms with van der Waals surface area (Å²) in [6.07, 6.45) is -2.58. The summed E-state index contributed by atoms with van der Waals surface area (Å²) in [7, 11) is 1.46. The van der Waals surface area contributed by atoms with E-state index in [-0.39, 0.29) is 12.2 Å². The summed E-state index contributed by atoms with van der Waals surface area (Å²) in [5.74, 6) is 0.470. The van der Waals surface area contributed by atoms with Crippen molar-refractivity contribution in [3.63, 3.8) is 0 Å². The number of hydrogen-bond donors (Lipinski definition) is 1. The van der Waals surface area contributed by atoms with Crippen molar-refractivity contribution in [2.75, 3.05) is 7.11 Å². The average Bonchev–Trinajstić information content (AvgIpc) is 2.16. The third kappa shape index (κ3) is 2.30. The predicted molar refractivity (Wildman–Crippen MR) is 56.4 cm³/mol. The molecule has 0 aromatic carbocycles. The number of nitrogens with zero attached hydrogens (tertiary/aromatic N) is 1. The van der Waals surface area contributed by atoms with Gasteiger partial charge in [0.15, 0.2) is 5.75 Å². The van der Waals surface area contributed by atoms with Gasteiger partial charge in [0.1, 0.15) is 9.39 Å². The van der Waals surface area contributed by atoms with Gasteiger partial charge in [-0.25, -0.2) is 13.8 Å². The zero-order valence-electron chi connectivity index (χ0n) is 7.43. The van der Waals surface area contributed by atoms with Crippen LogP contribution in [0.4, 0.5) is 8.78 Å². The van der Waals surface area contributed by atoms with Gasteiger partial charge in [0.05, 0.1) is 7.11 Å². The van der Waals surface area contributed by atoms with Crippen LogP contribution in [0.5, 0.6) is 5.75 Å². The maximum atomic E-state index is 12.4. The molecule has 78 valence electrons. The van der Waals surface area contributed by atoms with Crippen molar-refractivity contribution in [1.29, 1.82) is 0 Å². The molecule has 1 aromatic heterocycles. The highest BCUT2D eigenvalue weighted by molar-refractivity contribution is 14.1. The van der Waals surface area contributed by atoms with Crippen LogP contribution in [0.1, 0.15) is 17.7 Å². The predicted octanol–water partition coefficient (Wildman–Crippen LogP) is 2.09. The van der Waals surface area contributed by atoms with Crippen molar-refractivity contribution >= 4 is 22.6 Å². The number of hydrogen-bond acceptors (Lipinski definition) is 3. The van der Waals surface area contributed by atoms with Crippen LogP contribution >= 0.6 is 22.6 Å². The summed E-state index contributed by atoms with van der Waals surface area (Å²) in [6.45, 7) is 0.154. The van der Waals surface area contributed by atoms with E-state index < -0.39 is 6.43 Å². The Labute approximate surface area is 93.8 Å². The second kappa shape index (κ2) is 4.83. The molecule has 3 nitrogen and oxygen atoms in total. The van der Waals surface area contributed by atoms with Crippen LogP contribution in [0.2, 0.25) is 0 Å². The Hall–Kier alpha value is -0.500. The van der Waals surface area contributed by atoms with Crippen LogP contribution in [0.3, 0.4) is 0 Å².